The summed E-state index contributed by atoms with van der Waals surface area (Å²) in [5.74, 6) is 0.806. The molecule has 2 unspecified atom stereocenters. The molecule has 2 atom stereocenters. The Morgan fingerprint density at radius 2 is 0.829 bits per heavy atom. The summed E-state index contributed by atoms with van der Waals surface area (Å²) < 4.78 is 0. The zero-order chi connectivity index (χ0) is 28.6. The van der Waals surface area contributed by atoms with E-state index in [1.54, 1.807) is 0 Å². The van der Waals surface area contributed by atoms with Crippen LogP contribution in [0.25, 0.3) is 33.2 Å². The minimum atomic E-state index is 0. The second-order valence-corrected chi connectivity index (χ2v) is 11.2. The van der Waals surface area contributed by atoms with Crippen molar-refractivity contribution in [3.63, 3.8) is 0 Å². The predicted octanol–water partition coefficient (Wildman–Crippen LogP) is 9.24. The molecule has 0 saturated heterocycles. The van der Waals surface area contributed by atoms with Crippen molar-refractivity contribution in [2.75, 3.05) is 0 Å². The van der Waals surface area contributed by atoms with Crippen molar-refractivity contribution in [2.24, 2.45) is 0 Å². The molecule has 2 aliphatic rings. The van der Waals surface area contributed by atoms with Crippen molar-refractivity contribution in [1.82, 2.24) is 19.9 Å². The molecule has 2 aliphatic heterocycles. The van der Waals surface area contributed by atoms with Crippen molar-refractivity contribution in [1.29, 1.82) is 0 Å². The Morgan fingerprint density at radius 3 is 1.12 bits per heavy atom. The minimum absolute atomic E-state index is 0. The van der Waals surface area contributed by atoms with Crippen molar-refractivity contribution in [3.8, 4) is 0 Å². The second-order valence-electron chi connectivity index (χ2n) is 11.2. The number of nitrogens with zero attached hydrogens (tertiary/aromatic N) is 4. The molecule has 0 saturated carbocycles. The number of aryl methyl sites for hydroxylation is 4. The van der Waals surface area contributed by atoms with Crippen molar-refractivity contribution >= 4 is 33.2 Å². The van der Waals surface area contributed by atoms with Crippen LogP contribution in [0, 0.1) is 0 Å². The van der Waals surface area contributed by atoms with Gasteiger partial charge < -0.3 is 9.97 Å². The molecule has 0 aliphatic carbocycles. The van der Waals surface area contributed by atoms with Gasteiger partial charge in [0.15, 0.2) is 0 Å². The summed E-state index contributed by atoms with van der Waals surface area (Å²) in [6.07, 6.45) is 7.91. The van der Waals surface area contributed by atoms with E-state index in [1.165, 1.54) is 44.8 Å². The summed E-state index contributed by atoms with van der Waals surface area (Å²) >= 11 is 0. The predicted molar refractivity (Wildman–Crippen MR) is 170 cm³/mol. The van der Waals surface area contributed by atoms with Gasteiger partial charge in [0.05, 0.1) is 11.4 Å². The van der Waals surface area contributed by atoms with Gasteiger partial charge in [-0.15, -0.1) is 22.1 Å². The molecule has 5 rings (SSSR count). The first-order valence-corrected chi connectivity index (χ1v) is 15.9. The van der Waals surface area contributed by atoms with Gasteiger partial charge >= 0.3 is 17.1 Å². The Kier molecular flexibility index (Phi) is 10.0. The van der Waals surface area contributed by atoms with Crippen LogP contribution in [-0.2, 0) is 42.8 Å². The molecule has 3 aromatic heterocycles. The van der Waals surface area contributed by atoms with E-state index >= 15 is 0 Å². The van der Waals surface area contributed by atoms with Gasteiger partial charge in [0.2, 0.25) is 0 Å². The van der Waals surface area contributed by atoms with E-state index in [0.29, 0.717) is 11.8 Å². The van der Waals surface area contributed by atoms with E-state index in [4.69, 9.17) is 19.9 Å². The number of hydrogen-bond acceptors (Lipinski definition) is 2. The van der Waals surface area contributed by atoms with Crippen molar-refractivity contribution in [3.05, 3.63) is 69.3 Å². The molecule has 0 spiro atoms. The third kappa shape index (κ3) is 5.37. The fraction of sp³-hybridized carbons (Fsp3) is 0.500. The van der Waals surface area contributed by atoms with E-state index in [9.17, 15) is 0 Å². The molecule has 0 fully saturated rings. The Balaban J connectivity index is 0.00000387. The first kappa shape index (κ1) is 31.3. The molecule has 221 valence electrons. The Morgan fingerprint density at radius 1 is 0.488 bits per heavy atom. The van der Waals surface area contributed by atoms with E-state index < -0.39 is 0 Å². The third-order valence-electron chi connectivity index (χ3n) is 9.29. The number of allylic oxidation sites excluding steroid dienone is 2. The molecule has 41 heavy (non-hydrogen) atoms. The topological polar surface area (TPSA) is 54.0 Å². The molecule has 4 nitrogen and oxygen atoms in total. The Hall–Kier alpha value is -2.62. The summed E-state index contributed by atoms with van der Waals surface area (Å²) in [7, 11) is 0. The van der Waals surface area contributed by atoms with Crippen LogP contribution in [0.3, 0.4) is 0 Å². The SMILES string of the molecule is CCC1=C(CC)c2cc3[n-]c(cc4nc(cc5[n-]c(cc1n2)c(CC)c5CC)C(CC)C4CC)c(CC)c3CC.[Cu+2]. The van der Waals surface area contributed by atoms with Gasteiger partial charge in [-0.2, -0.15) is 0 Å². The third-order valence-corrected chi connectivity index (χ3v) is 9.29. The molecular weight excluding hydrogens is 552 g/mol. The monoisotopic (exact) mass is 597 g/mol. The summed E-state index contributed by atoms with van der Waals surface area (Å²) in [5, 5.41) is 0. The van der Waals surface area contributed by atoms with Crippen LogP contribution in [0.5, 0.6) is 0 Å². The first-order valence-electron chi connectivity index (χ1n) is 15.9. The second kappa shape index (κ2) is 13.1. The maximum atomic E-state index is 5.33. The molecular formula is C36H46CuN4. The molecule has 1 radical (unpaired) electrons. The molecule has 0 N–H and O–H groups in total. The molecule has 0 amide bonds. The standard InChI is InChI=1S/C36H46N4.Cu/c1-9-21-22(10-2)30-18-32-25(13-5)26(14-6)34(39-32)20-36-28(16-8)27(15-7)35(40-36)19-33-24(12-4)23(11-3)31(38-33)17-29(21)37-30;/h17-22H,9-16H2,1-8H3;/q-2;+2. The average molecular weight is 598 g/mol. The minimum Gasteiger partial charge on any atom is -0.657 e. The van der Waals surface area contributed by atoms with Crippen molar-refractivity contribution in [2.45, 2.75) is 119 Å². The van der Waals surface area contributed by atoms with E-state index in [0.717, 1.165) is 84.8 Å². The summed E-state index contributed by atoms with van der Waals surface area (Å²) in [6, 6.07) is 9.12. The van der Waals surface area contributed by atoms with Crippen LogP contribution in [0.15, 0.2) is 24.3 Å². The van der Waals surface area contributed by atoms with Gasteiger partial charge in [0.1, 0.15) is 0 Å². The van der Waals surface area contributed by atoms with Gasteiger partial charge in [-0.1, -0.05) is 102 Å². The average Bonchev–Trinajstić information content (AvgIpc) is 3.67. The fourth-order valence-electron chi connectivity index (χ4n) is 7.34. The summed E-state index contributed by atoms with van der Waals surface area (Å²) in [5.41, 5.74) is 16.9. The molecule has 8 bridgehead atoms. The van der Waals surface area contributed by atoms with Crippen molar-refractivity contribution < 1.29 is 17.1 Å². The summed E-state index contributed by atoms with van der Waals surface area (Å²) in [6.45, 7) is 18.1. The van der Waals surface area contributed by atoms with Gasteiger partial charge in [0.25, 0.3) is 0 Å². The van der Waals surface area contributed by atoms with Crippen LogP contribution in [0.2, 0.25) is 0 Å². The first-order chi connectivity index (χ1) is 19.5. The quantitative estimate of drug-likeness (QED) is 0.243. The molecule has 5 heteroatoms. The van der Waals surface area contributed by atoms with E-state index in [1.807, 2.05) is 0 Å². The van der Waals surface area contributed by atoms with Gasteiger partial charge in [0, 0.05) is 23.2 Å². The molecule has 0 aromatic carbocycles. The van der Waals surface area contributed by atoms with Gasteiger partial charge in [-0.3, -0.25) is 4.98 Å². The van der Waals surface area contributed by atoms with Crippen LogP contribution < -0.4 is 9.97 Å². The van der Waals surface area contributed by atoms with Gasteiger partial charge in [-0.25, -0.2) is 4.98 Å². The van der Waals surface area contributed by atoms with Crippen LogP contribution in [-0.4, -0.2) is 9.97 Å². The zero-order valence-electron chi connectivity index (χ0n) is 26.2. The van der Waals surface area contributed by atoms with Crippen LogP contribution in [0.4, 0.5) is 0 Å². The number of rotatable bonds is 8. The Labute approximate surface area is 257 Å². The van der Waals surface area contributed by atoms with Crippen LogP contribution in [0.1, 0.15) is 138 Å². The van der Waals surface area contributed by atoms with Gasteiger partial charge in [-0.05, 0) is 62.5 Å². The maximum absolute atomic E-state index is 5.33. The largest absolute Gasteiger partial charge is 2.00 e. The van der Waals surface area contributed by atoms with E-state index in [2.05, 4.69) is 79.7 Å². The molecule has 3 aromatic rings. The fourth-order valence-corrected chi connectivity index (χ4v) is 7.34. The zero-order valence-corrected chi connectivity index (χ0v) is 27.2. The number of aromatic nitrogens is 4. The van der Waals surface area contributed by atoms with E-state index in [-0.39, 0.29) is 17.1 Å². The molecule has 5 heterocycles. The summed E-state index contributed by atoms with van der Waals surface area (Å²) in [4.78, 5) is 21.1. The number of fused-ring (bicyclic) bond motifs is 8. The smallest absolute Gasteiger partial charge is 0.657 e. The normalized spacial score (nSPS) is 16.8. The number of hydrogen-bond donors (Lipinski definition) is 0. The Bertz CT molecular complexity index is 1490. The maximum Gasteiger partial charge on any atom is 2.00 e. The van der Waals surface area contributed by atoms with Crippen LogP contribution >= 0.6 is 0 Å².